The van der Waals surface area contributed by atoms with Crippen molar-refractivity contribution in [3.63, 3.8) is 0 Å². The van der Waals surface area contributed by atoms with Crippen molar-refractivity contribution in [2.45, 2.75) is 57.8 Å². The third kappa shape index (κ3) is 6.08. The molecule has 2 aromatic heterocycles. The van der Waals surface area contributed by atoms with Crippen molar-refractivity contribution >= 4 is 0 Å². The van der Waals surface area contributed by atoms with Crippen LogP contribution in [0.25, 0.3) is 33.6 Å². The van der Waals surface area contributed by atoms with Gasteiger partial charge in [0.15, 0.2) is 0 Å². The van der Waals surface area contributed by atoms with Gasteiger partial charge in [-0.15, -0.1) is 0 Å². The van der Waals surface area contributed by atoms with Crippen LogP contribution >= 0.6 is 0 Å². The minimum Gasteiger partial charge on any atom is -0.507 e. The maximum atomic E-state index is 11.1. The SMILES string of the molecule is CC(C)(C)c1cc(-c2cc(-c3cccc(C4(c5ccccn5)c5ccccc5Oc5ccccc54)c3)nc(-c3ccccc3O)c2)cc(C(C)(C)C)c1. The van der Waals surface area contributed by atoms with Gasteiger partial charge in [-0.2, -0.15) is 0 Å². The van der Waals surface area contributed by atoms with E-state index in [1.807, 2.05) is 54.7 Å². The zero-order valence-electron chi connectivity index (χ0n) is 31.2. The number of hydrogen-bond donors (Lipinski definition) is 1. The molecule has 0 aliphatic carbocycles. The summed E-state index contributed by atoms with van der Waals surface area (Å²) in [7, 11) is 0. The zero-order valence-corrected chi connectivity index (χ0v) is 31.2. The van der Waals surface area contributed by atoms with Crippen molar-refractivity contribution in [3.05, 3.63) is 185 Å². The summed E-state index contributed by atoms with van der Waals surface area (Å²) in [6.45, 7) is 13.6. The second kappa shape index (κ2) is 12.9. The summed E-state index contributed by atoms with van der Waals surface area (Å²) in [5, 5.41) is 11.1. The Kier molecular flexibility index (Phi) is 8.30. The molecule has 1 aliphatic heterocycles. The minimum atomic E-state index is -0.760. The number of phenolic OH excluding ortho intramolecular Hbond substituents is 1. The van der Waals surface area contributed by atoms with Crippen LogP contribution in [-0.2, 0) is 16.2 Å². The van der Waals surface area contributed by atoms with Crippen LogP contribution in [-0.4, -0.2) is 15.1 Å². The maximum Gasteiger partial charge on any atom is 0.132 e. The van der Waals surface area contributed by atoms with E-state index in [0.29, 0.717) is 11.3 Å². The van der Waals surface area contributed by atoms with Crippen LogP contribution in [0.2, 0.25) is 0 Å². The zero-order chi connectivity index (χ0) is 37.0. The molecule has 0 atom stereocenters. The molecule has 0 amide bonds. The van der Waals surface area contributed by atoms with E-state index in [1.54, 1.807) is 6.07 Å². The monoisotopic (exact) mass is 692 g/mol. The highest BCUT2D eigenvalue weighted by Crippen LogP contribution is 2.55. The molecular weight excluding hydrogens is 649 g/mol. The van der Waals surface area contributed by atoms with Crippen LogP contribution in [0.4, 0.5) is 0 Å². The summed E-state index contributed by atoms with van der Waals surface area (Å²) in [5.74, 6) is 1.80. The Balaban J connectivity index is 1.40. The van der Waals surface area contributed by atoms with E-state index in [4.69, 9.17) is 14.7 Å². The van der Waals surface area contributed by atoms with Crippen molar-refractivity contribution in [1.29, 1.82) is 0 Å². The highest BCUT2D eigenvalue weighted by atomic mass is 16.5. The number of aromatic nitrogens is 2. The Morgan fingerprint density at radius 2 is 1.11 bits per heavy atom. The predicted octanol–water partition coefficient (Wildman–Crippen LogP) is 12.3. The number of ether oxygens (including phenoxy) is 1. The molecule has 0 saturated carbocycles. The fourth-order valence-corrected chi connectivity index (χ4v) is 7.56. The summed E-state index contributed by atoms with van der Waals surface area (Å²) in [5.41, 5.74) is 11.0. The Morgan fingerprint density at radius 3 is 1.74 bits per heavy atom. The molecular formula is C49H44N2O2. The number of aromatic hydroxyl groups is 1. The van der Waals surface area contributed by atoms with Crippen LogP contribution in [0.5, 0.6) is 17.2 Å². The minimum absolute atomic E-state index is 0.0448. The van der Waals surface area contributed by atoms with Gasteiger partial charge in [-0.1, -0.05) is 133 Å². The lowest BCUT2D eigenvalue weighted by Crippen LogP contribution is -2.35. The lowest BCUT2D eigenvalue weighted by atomic mass is 9.65. The molecule has 262 valence electrons. The molecule has 0 saturated heterocycles. The molecule has 0 unspecified atom stereocenters. The number of fused-ring (bicyclic) bond motifs is 2. The summed E-state index contributed by atoms with van der Waals surface area (Å²) in [6.07, 6.45) is 1.86. The van der Waals surface area contributed by atoms with E-state index in [9.17, 15) is 5.11 Å². The molecule has 1 N–H and O–H groups in total. The van der Waals surface area contributed by atoms with Gasteiger partial charge < -0.3 is 9.84 Å². The average molecular weight is 693 g/mol. The first kappa shape index (κ1) is 34.1. The molecule has 0 radical (unpaired) electrons. The lowest BCUT2D eigenvalue weighted by Gasteiger charge is -2.40. The fourth-order valence-electron chi connectivity index (χ4n) is 7.56. The van der Waals surface area contributed by atoms with Gasteiger partial charge in [-0.05, 0) is 93.2 Å². The van der Waals surface area contributed by atoms with Gasteiger partial charge in [0.05, 0.1) is 22.5 Å². The van der Waals surface area contributed by atoms with E-state index in [-0.39, 0.29) is 16.6 Å². The van der Waals surface area contributed by atoms with E-state index in [2.05, 4.69) is 133 Å². The highest BCUT2D eigenvalue weighted by molar-refractivity contribution is 5.80. The summed E-state index contributed by atoms with van der Waals surface area (Å²) >= 11 is 0. The number of benzene rings is 5. The van der Waals surface area contributed by atoms with Gasteiger partial charge in [0.25, 0.3) is 0 Å². The summed E-state index contributed by atoms with van der Waals surface area (Å²) < 4.78 is 6.53. The topological polar surface area (TPSA) is 55.2 Å². The molecule has 3 heterocycles. The predicted molar refractivity (Wildman–Crippen MR) is 216 cm³/mol. The van der Waals surface area contributed by atoms with Crippen LogP contribution in [0.15, 0.2) is 152 Å². The quantitative estimate of drug-likeness (QED) is 0.195. The number of nitrogens with zero attached hydrogens (tertiary/aromatic N) is 2. The average Bonchev–Trinajstić information content (AvgIpc) is 3.16. The molecule has 8 rings (SSSR count). The second-order valence-corrected chi connectivity index (χ2v) is 16.1. The number of phenols is 1. The Labute approximate surface area is 312 Å². The Morgan fingerprint density at radius 1 is 0.528 bits per heavy atom. The standard InChI is InChI=1S/C49H44N2O2/c1-47(2,3)36-27-33(28-37(31-36)48(4,5)6)34-29-41(51-42(30-34)38-18-7-10-21-43(38)52)32-16-15-17-35(26-32)49(46-24-13-14-25-50-46)39-19-8-11-22-44(39)53-45-23-12-9-20-40(45)49/h7-31,52H,1-6H3. The summed E-state index contributed by atoms with van der Waals surface area (Å²) in [6, 6.07) is 50.0. The van der Waals surface area contributed by atoms with E-state index in [1.165, 1.54) is 11.1 Å². The number of pyridine rings is 2. The molecule has 4 heteroatoms. The van der Waals surface area contributed by atoms with Gasteiger partial charge in [-0.3, -0.25) is 4.98 Å². The molecule has 5 aromatic carbocycles. The van der Waals surface area contributed by atoms with Crippen LogP contribution in [0, 0.1) is 0 Å². The first-order valence-electron chi connectivity index (χ1n) is 18.3. The van der Waals surface area contributed by atoms with E-state index >= 15 is 0 Å². The van der Waals surface area contributed by atoms with Crippen molar-refractivity contribution in [2.75, 3.05) is 0 Å². The first-order valence-corrected chi connectivity index (χ1v) is 18.3. The van der Waals surface area contributed by atoms with Crippen molar-refractivity contribution < 1.29 is 9.84 Å². The van der Waals surface area contributed by atoms with Gasteiger partial charge in [0, 0.05) is 28.5 Å². The van der Waals surface area contributed by atoms with Gasteiger partial charge in [0.2, 0.25) is 0 Å². The van der Waals surface area contributed by atoms with Crippen molar-refractivity contribution in [2.24, 2.45) is 0 Å². The highest BCUT2D eigenvalue weighted by Gasteiger charge is 2.46. The number of rotatable bonds is 5. The number of hydrogen-bond acceptors (Lipinski definition) is 4. The molecule has 0 spiro atoms. The molecule has 1 aliphatic rings. The van der Waals surface area contributed by atoms with Crippen molar-refractivity contribution in [1.82, 2.24) is 9.97 Å². The van der Waals surface area contributed by atoms with Crippen LogP contribution < -0.4 is 4.74 Å². The largest absolute Gasteiger partial charge is 0.507 e. The third-order valence-electron chi connectivity index (χ3n) is 10.4. The summed E-state index contributed by atoms with van der Waals surface area (Å²) in [4.78, 5) is 10.3. The smallest absolute Gasteiger partial charge is 0.132 e. The normalized spacial score (nSPS) is 13.5. The van der Waals surface area contributed by atoms with Crippen LogP contribution in [0.3, 0.4) is 0 Å². The second-order valence-electron chi connectivity index (χ2n) is 16.1. The van der Waals surface area contributed by atoms with Gasteiger partial charge in [0.1, 0.15) is 17.2 Å². The fraction of sp³-hybridized carbons (Fsp3) is 0.184. The van der Waals surface area contributed by atoms with Crippen LogP contribution in [0.1, 0.15) is 75.1 Å². The lowest BCUT2D eigenvalue weighted by molar-refractivity contribution is 0.432. The molecule has 0 bridgehead atoms. The maximum absolute atomic E-state index is 11.1. The van der Waals surface area contributed by atoms with E-state index in [0.717, 1.165) is 56.3 Å². The molecule has 0 fully saturated rings. The molecule has 4 nitrogen and oxygen atoms in total. The Hall–Kier alpha value is -6.00. The third-order valence-corrected chi connectivity index (χ3v) is 10.4. The first-order chi connectivity index (χ1) is 25.4. The van der Waals surface area contributed by atoms with Gasteiger partial charge in [-0.25, -0.2) is 4.98 Å². The van der Waals surface area contributed by atoms with E-state index < -0.39 is 5.41 Å². The molecule has 7 aromatic rings. The van der Waals surface area contributed by atoms with Crippen molar-refractivity contribution in [3.8, 4) is 50.9 Å². The molecule has 53 heavy (non-hydrogen) atoms. The number of para-hydroxylation sites is 3. The Bertz CT molecular complexity index is 2390. The van der Waals surface area contributed by atoms with Gasteiger partial charge >= 0.3 is 0 Å².